The zero-order valence-electron chi connectivity index (χ0n) is 17.1. The summed E-state index contributed by atoms with van der Waals surface area (Å²) in [5.41, 5.74) is 3.32. The smallest absolute Gasteiger partial charge is 0.261 e. The number of carbonyl (C=O) groups is 2. The van der Waals surface area contributed by atoms with E-state index in [1.807, 2.05) is 60.4 Å². The summed E-state index contributed by atoms with van der Waals surface area (Å²) in [7, 11) is 0. The topological polar surface area (TPSA) is 58.6 Å². The molecule has 0 radical (unpaired) electrons. The van der Waals surface area contributed by atoms with Gasteiger partial charge in [0, 0.05) is 20.0 Å². The van der Waals surface area contributed by atoms with Crippen LogP contribution in [0, 0.1) is 0 Å². The summed E-state index contributed by atoms with van der Waals surface area (Å²) < 4.78 is 6.02. The Morgan fingerprint density at radius 3 is 2.69 bits per heavy atom. The minimum absolute atomic E-state index is 0.0473. The maximum atomic E-state index is 12.3. The normalized spacial score (nSPS) is 16.5. The van der Waals surface area contributed by atoms with Crippen molar-refractivity contribution < 1.29 is 14.3 Å². The van der Waals surface area contributed by atoms with Gasteiger partial charge in [-0.15, -0.1) is 6.58 Å². The second-order valence-corrected chi connectivity index (χ2v) is 7.18. The molecule has 2 aromatic carbocycles. The zero-order valence-corrected chi connectivity index (χ0v) is 17.1. The van der Waals surface area contributed by atoms with Gasteiger partial charge in [0.2, 0.25) is 5.91 Å². The lowest BCUT2D eigenvalue weighted by atomic mass is 9.88. The van der Waals surface area contributed by atoms with Crippen molar-refractivity contribution in [2.24, 2.45) is 0 Å². The van der Waals surface area contributed by atoms with Gasteiger partial charge in [0.25, 0.3) is 5.91 Å². The third-order valence-corrected chi connectivity index (χ3v) is 5.23. The highest BCUT2D eigenvalue weighted by Gasteiger charge is 2.31. The number of nitrogens with one attached hydrogen (secondary N) is 1. The van der Waals surface area contributed by atoms with E-state index in [4.69, 9.17) is 4.74 Å². The van der Waals surface area contributed by atoms with E-state index in [2.05, 4.69) is 11.9 Å². The summed E-state index contributed by atoms with van der Waals surface area (Å²) in [5.74, 6) is 0.525. The van der Waals surface area contributed by atoms with Gasteiger partial charge in [0.05, 0.1) is 6.04 Å². The molecule has 2 aromatic rings. The Morgan fingerprint density at radius 1 is 1.28 bits per heavy atom. The molecule has 0 bridgehead atoms. The molecule has 0 aromatic heterocycles. The fourth-order valence-electron chi connectivity index (χ4n) is 3.77. The Kier molecular flexibility index (Phi) is 6.70. The number of nitrogens with zero attached hydrogens (tertiary/aromatic N) is 1. The average Bonchev–Trinajstić information content (AvgIpc) is 2.75. The fourth-order valence-corrected chi connectivity index (χ4v) is 3.77. The summed E-state index contributed by atoms with van der Waals surface area (Å²) in [4.78, 5) is 26.5. The first-order valence-electron chi connectivity index (χ1n) is 10.0. The van der Waals surface area contributed by atoms with Crippen LogP contribution in [0.1, 0.15) is 43.0 Å². The molecule has 1 N–H and O–H groups in total. The van der Waals surface area contributed by atoms with Gasteiger partial charge in [-0.3, -0.25) is 9.59 Å². The summed E-state index contributed by atoms with van der Waals surface area (Å²) in [6.45, 7) is 8.24. The van der Waals surface area contributed by atoms with Crippen molar-refractivity contribution in [1.82, 2.24) is 10.2 Å². The zero-order chi connectivity index (χ0) is 20.8. The summed E-state index contributed by atoms with van der Waals surface area (Å²) in [6, 6.07) is 15.8. The van der Waals surface area contributed by atoms with E-state index in [1.165, 1.54) is 5.56 Å². The Bertz CT molecular complexity index is 879. The van der Waals surface area contributed by atoms with E-state index in [9.17, 15) is 9.59 Å². The number of ether oxygens (including phenoxy) is 1. The summed E-state index contributed by atoms with van der Waals surface area (Å²) in [6.07, 6.45) is 2.43. The minimum atomic E-state index is -0.573. The molecule has 1 aliphatic rings. The number of hydrogen-bond acceptors (Lipinski definition) is 3. The van der Waals surface area contributed by atoms with Crippen LogP contribution in [0.3, 0.4) is 0 Å². The lowest BCUT2D eigenvalue weighted by Gasteiger charge is -2.37. The third kappa shape index (κ3) is 4.67. The highest BCUT2D eigenvalue weighted by atomic mass is 16.5. The molecule has 29 heavy (non-hydrogen) atoms. The molecule has 152 valence electrons. The molecule has 2 atom stereocenters. The quantitative estimate of drug-likeness (QED) is 0.732. The first kappa shape index (κ1) is 20.6. The molecule has 0 aliphatic carbocycles. The van der Waals surface area contributed by atoms with Crippen molar-refractivity contribution in [3.8, 4) is 5.75 Å². The van der Waals surface area contributed by atoms with Gasteiger partial charge in [-0.05, 0) is 41.7 Å². The molecular formula is C24H28N2O3. The third-order valence-electron chi connectivity index (χ3n) is 5.23. The van der Waals surface area contributed by atoms with Crippen molar-refractivity contribution in [3.05, 3.63) is 77.9 Å². The largest absolute Gasteiger partial charge is 0.481 e. The highest BCUT2D eigenvalue weighted by molar-refractivity contribution is 5.81. The number of amides is 2. The molecule has 3 rings (SSSR count). The number of rotatable bonds is 7. The molecule has 0 unspecified atom stereocenters. The number of fused-ring (bicyclic) bond motifs is 1. The molecule has 2 amide bonds. The lowest BCUT2D eigenvalue weighted by molar-refractivity contribution is -0.131. The highest BCUT2D eigenvalue weighted by Crippen LogP contribution is 2.37. The van der Waals surface area contributed by atoms with Crippen LogP contribution in [-0.2, 0) is 16.0 Å². The number of carbonyl (C=O) groups excluding carboxylic acids is 2. The lowest BCUT2D eigenvalue weighted by Crippen LogP contribution is -2.39. The molecule has 0 saturated heterocycles. The predicted molar refractivity (Wildman–Crippen MR) is 114 cm³/mol. The van der Waals surface area contributed by atoms with Gasteiger partial charge in [0.15, 0.2) is 6.10 Å². The SMILES string of the molecule is C=CCNC(=O)[C@H](CC)Oc1ccc2c(c1)[C@@H](c1ccccc1)N(C(C)=O)CC2. The van der Waals surface area contributed by atoms with Crippen molar-refractivity contribution >= 4 is 11.8 Å². The Labute approximate surface area is 172 Å². The first-order valence-corrected chi connectivity index (χ1v) is 10.0. The molecule has 1 heterocycles. The molecule has 0 saturated carbocycles. The average molecular weight is 392 g/mol. The van der Waals surface area contributed by atoms with Gasteiger partial charge >= 0.3 is 0 Å². The predicted octanol–water partition coefficient (Wildman–Crippen LogP) is 3.64. The second-order valence-electron chi connectivity index (χ2n) is 7.18. The van der Waals surface area contributed by atoms with E-state index in [-0.39, 0.29) is 17.9 Å². The van der Waals surface area contributed by atoms with Crippen LogP contribution in [0.15, 0.2) is 61.2 Å². The van der Waals surface area contributed by atoms with Crippen LogP contribution < -0.4 is 10.1 Å². The van der Waals surface area contributed by atoms with Crippen LogP contribution in [0.25, 0.3) is 0 Å². The molecule has 5 nitrogen and oxygen atoms in total. The summed E-state index contributed by atoms with van der Waals surface area (Å²) >= 11 is 0. The Balaban J connectivity index is 1.93. The molecule has 0 fully saturated rings. The molecule has 0 spiro atoms. The van der Waals surface area contributed by atoms with Crippen molar-refractivity contribution in [1.29, 1.82) is 0 Å². The van der Waals surface area contributed by atoms with Crippen LogP contribution in [-0.4, -0.2) is 35.9 Å². The molecular weight excluding hydrogens is 364 g/mol. The molecule has 5 heteroatoms. The fraction of sp³-hybridized carbons (Fsp3) is 0.333. The van der Waals surface area contributed by atoms with Gasteiger partial charge in [-0.25, -0.2) is 0 Å². The van der Waals surface area contributed by atoms with Crippen molar-refractivity contribution in [2.45, 2.75) is 38.8 Å². The minimum Gasteiger partial charge on any atom is -0.481 e. The van der Waals surface area contributed by atoms with Crippen LogP contribution in [0.5, 0.6) is 5.75 Å². The van der Waals surface area contributed by atoms with Gasteiger partial charge in [-0.1, -0.05) is 49.4 Å². The van der Waals surface area contributed by atoms with Gasteiger partial charge in [0.1, 0.15) is 5.75 Å². The maximum Gasteiger partial charge on any atom is 0.261 e. The van der Waals surface area contributed by atoms with E-state index in [1.54, 1.807) is 13.0 Å². The van der Waals surface area contributed by atoms with Crippen LogP contribution >= 0.6 is 0 Å². The number of benzene rings is 2. The van der Waals surface area contributed by atoms with E-state index in [0.29, 0.717) is 25.3 Å². The van der Waals surface area contributed by atoms with E-state index in [0.717, 1.165) is 17.5 Å². The van der Waals surface area contributed by atoms with E-state index >= 15 is 0 Å². The van der Waals surface area contributed by atoms with Crippen LogP contribution in [0.2, 0.25) is 0 Å². The standard InChI is InChI=1S/C24H28N2O3/c1-4-14-25-24(28)22(5-2)29-20-12-11-18-13-15-26(17(3)27)23(21(18)16-20)19-9-7-6-8-10-19/h4,6-12,16,22-23H,1,5,13-15H2,2-3H3,(H,25,28)/t22-,23+/m0/s1. The Morgan fingerprint density at radius 2 is 2.03 bits per heavy atom. The second kappa shape index (κ2) is 9.41. The van der Waals surface area contributed by atoms with E-state index < -0.39 is 6.10 Å². The van der Waals surface area contributed by atoms with Gasteiger partial charge in [-0.2, -0.15) is 0 Å². The van der Waals surface area contributed by atoms with Crippen LogP contribution in [0.4, 0.5) is 0 Å². The summed E-state index contributed by atoms with van der Waals surface area (Å²) in [5, 5.41) is 2.79. The maximum absolute atomic E-state index is 12.3. The Hall–Kier alpha value is -3.08. The first-order chi connectivity index (χ1) is 14.0. The van der Waals surface area contributed by atoms with Crippen molar-refractivity contribution in [2.75, 3.05) is 13.1 Å². The van der Waals surface area contributed by atoms with Gasteiger partial charge < -0.3 is 15.0 Å². The molecule has 1 aliphatic heterocycles. The van der Waals surface area contributed by atoms with Crippen molar-refractivity contribution in [3.63, 3.8) is 0 Å². The number of hydrogen-bond donors (Lipinski definition) is 1. The monoisotopic (exact) mass is 392 g/mol.